The van der Waals surface area contributed by atoms with Gasteiger partial charge >= 0.3 is 0 Å². The minimum Gasteiger partial charge on any atom is -0.489 e. The first-order valence-corrected chi connectivity index (χ1v) is 14.7. The van der Waals surface area contributed by atoms with E-state index >= 15 is 0 Å². The number of hydrogen-bond donors (Lipinski definition) is 3. The molecule has 0 bridgehead atoms. The molecule has 3 N–H and O–H groups in total. The summed E-state index contributed by atoms with van der Waals surface area (Å²) < 4.78 is 31.9. The van der Waals surface area contributed by atoms with Gasteiger partial charge in [0.15, 0.2) is 15.7 Å². The second-order valence-electron chi connectivity index (χ2n) is 10.1. The summed E-state index contributed by atoms with van der Waals surface area (Å²) in [6.07, 6.45) is 1.32. The Kier molecular flexibility index (Phi) is 7.41. The zero-order valence-electron chi connectivity index (χ0n) is 22.2. The van der Waals surface area contributed by atoms with Crippen LogP contribution >= 0.6 is 11.6 Å². The van der Waals surface area contributed by atoms with Crippen molar-refractivity contribution in [3.05, 3.63) is 58.7 Å². The molecule has 0 unspecified atom stereocenters. The first-order chi connectivity index (χ1) is 18.5. The Labute approximate surface area is 233 Å². The van der Waals surface area contributed by atoms with E-state index in [0.717, 1.165) is 18.7 Å². The Balaban J connectivity index is 1.46. The lowest BCUT2D eigenvalue weighted by Crippen LogP contribution is -2.57. The predicted octanol–water partition coefficient (Wildman–Crippen LogP) is 4.51. The van der Waals surface area contributed by atoms with Crippen LogP contribution in [0.1, 0.15) is 43.6 Å². The van der Waals surface area contributed by atoms with Crippen LogP contribution in [0.15, 0.2) is 47.5 Å². The van der Waals surface area contributed by atoms with Gasteiger partial charge in [-0.2, -0.15) is 4.98 Å². The molecule has 3 aromatic rings. The van der Waals surface area contributed by atoms with Gasteiger partial charge in [-0.25, -0.2) is 13.4 Å². The highest BCUT2D eigenvalue weighted by atomic mass is 35.5. The Morgan fingerprint density at radius 2 is 1.85 bits per heavy atom. The summed E-state index contributed by atoms with van der Waals surface area (Å²) in [5.74, 6) is 0.988. The summed E-state index contributed by atoms with van der Waals surface area (Å²) >= 11 is 6.39. The van der Waals surface area contributed by atoms with Gasteiger partial charge in [-0.3, -0.25) is 4.79 Å². The molecule has 0 spiro atoms. The van der Waals surface area contributed by atoms with Crippen LogP contribution in [0.25, 0.3) is 0 Å². The van der Waals surface area contributed by atoms with E-state index in [-0.39, 0.29) is 39.7 Å². The maximum Gasteiger partial charge on any atom is 0.254 e. The van der Waals surface area contributed by atoms with Crippen LogP contribution in [-0.4, -0.2) is 59.7 Å². The highest BCUT2D eigenvalue weighted by molar-refractivity contribution is 7.92. The van der Waals surface area contributed by atoms with Crippen LogP contribution < -0.4 is 20.7 Å². The molecule has 1 fully saturated rings. The van der Waals surface area contributed by atoms with Gasteiger partial charge in [-0.15, -0.1) is 0 Å². The fourth-order valence-electron chi connectivity index (χ4n) is 4.43. The maximum atomic E-state index is 13.2. The molecule has 206 valence electrons. The summed E-state index contributed by atoms with van der Waals surface area (Å²) in [4.78, 5) is 24.0. The van der Waals surface area contributed by atoms with Crippen molar-refractivity contribution in [2.24, 2.45) is 0 Å². The van der Waals surface area contributed by atoms with Crippen molar-refractivity contribution in [1.29, 1.82) is 0 Å². The molecule has 10 nitrogen and oxygen atoms in total. The van der Waals surface area contributed by atoms with Crippen LogP contribution in [0.5, 0.6) is 5.75 Å². The maximum absolute atomic E-state index is 13.2. The molecule has 2 aliphatic rings. The molecule has 39 heavy (non-hydrogen) atoms. The minimum absolute atomic E-state index is 0.0157. The number of para-hydroxylation sites is 1. The van der Waals surface area contributed by atoms with Crippen molar-refractivity contribution >= 4 is 50.5 Å². The Morgan fingerprint density at radius 1 is 1.10 bits per heavy atom. The van der Waals surface area contributed by atoms with Crippen molar-refractivity contribution in [3.63, 3.8) is 0 Å². The second kappa shape index (κ2) is 10.6. The highest BCUT2D eigenvalue weighted by Crippen LogP contribution is 2.37. The van der Waals surface area contributed by atoms with Crippen molar-refractivity contribution in [1.82, 2.24) is 20.2 Å². The average molecular weight is 571 g/mol. The lowest BCUT2D eigenvalue weighted by atomic mass is 10.1. The zero-order valence-corrected chi connectivity index (χ0v) is 23.7. The number of nitrogens with one attached hydrogen (secondary N) is 3. The topological polar surface area (TPSA) is 126 Å². The number of amides is 1. The average Bonchev–Trinajstić information content (AvgIpc) is 3.14. The monoisotopic (exact) mass is 570 g/mol. The molecule has 0 saturated carbocycles. The van der Waals surface area contributed by atoms with Gasteiger partial charge < -0.3 is 25.6 Å². The van der Waals surface area contributed by atoms with E-state index < -0.39 is 15.1 Å². The van der Waals surface area contributed by atoms with E-state index in [1.54, 1.807) is 44.2 Å². The van der Waals surface area contributed by atoms with Gasteiger partial charge in [-0.05, 0) is 57.5 Å². The van der Waals surface area contributed by atoms with Gasteiger partial charge in [0.2, 0.25) is 5.95 Å². The molecule has 1 aromatic heterocycles. The molecular formula is C27H31ClN6O4S. The number of sulfone groups is 1. The molecule has 0 atom stereocenters. The van der Waals surface area contributed by atoms with Crippen LogP contribution in [0.3, 0.4) is 0 Å². The predicted molar refractivity (Wildman–Crippen MR) is 151 cm³/mol. The largest absolute Gasteiger partial charge is 0.489 e. The van der Waals surface area contributed by atoms with E-state index in [4.69, 9.17) is 16.3 Å². The van der Waals surface area contributed by atoms with Crippen molar-refractivity contribution in [3.8, 4) is 5.75 Å². The summed E-state index contributed by atoms with van der Waals surface area (Å²) in [5.41, 5.74) is 2.42. The molecule has 2 aliphatic heterocycles. The molecule has 3 heterocycles. The number of nitrogens with zero attached hydrogens (tertiary/aromatic N) is 3. The number of aromatic nitrogens is 2. The first kappa shape index (κ1) is 27.2. The van der Waals surface area contributed by atoms with E-state index in [1.807, 2.05) is 24.8 Å². The number of ether oxygens (including phenoxy) is 1. The molecule has 0 radical (unpaired) electrons. The summed E-state index contributed by atoms with van der Waals surface area (Å²) in [7, 11) is -3.56. The molecule has 1 amide bonds. The normalized spacial score (nSPS) is 15.5. The Bertz CT molecular complexity index is 1520. The van der Waals surface area contributed by atoms with Gasteiger partial charge in [-0.1, -0.05) is 23.7 Å². The number of benzene rings is 2. The minimum atomic E-state index is -3.56. The number of carbonyl (C=O) groups excluding carboxylic acids is 1. The summed E-state index contributed by atoms with van der Waals surface area (Å²) in [6, 6.07) is 10.5. The van der Waals surface area contributed by atoms with Crippen molar-refractivity contribution in [2.45, 2.75) is 56.5 Å². The van der Waals surface area contributed by atoms with Crippen LogP contribution in [0.2, 0.25) is 5.02 Å². The third-order valence-electron chi connectivity index (χ3n) is 6.66. The molecular weight excluding hydrogens is 540 g/mol. The number of hydrogen-bond acceptors (Lipinski definition) is 9. The second-order valence-corrected chi connectivity index (χ2v) is 13.0. The van der Waals surface area contributed by atoms with E-state index in [2.05, 4.69) is 25.9 Å². The van der Waals surface area contributed by atoms with Crippen LogP contribution in [0, 0.1) is 0 Å². The smallest absolute Gasteiger partial charge is 0.254 e. The number of halogens is 1. The van der Waals surface area contributed by atoms with Crippen LogP contribution in [0.4, 0.5) is 23.1 Å². The quantitative estimate of drug-likeness (QED) is 0.340. The van der Waals surface area contributed by atoms with Gasteiger partial charge in [0.1, 0.15) is 10.8 Å². The summed E-state index contributed by atoms with van der Waals surface area (Å²) in [5, 5.41) is 9.05. The SMILES string of the molecule is CC(C)Oc1cc2c(cc1Nc1ncc(Cl)c(Nc3ccccc3S(=O)(=O)C(C)C)n1)C(=O)N(C1CNC1)C2. The first-order valence-electron chi connectivity index (χ1n) is 12.8. The van der Waals surface area contributed by atoms with Gasteiger partial charge in [0.25, 0.3) is 5.91 Å². The third-order valence-corrected chi connectivity index (χ3v) is 9.15. The number of anilines is 4. The van der Waals surface area contributed by atoms with Gasteiger partial charge in [0.05, 0.1) is 39.9 Å². The molecule has 1 saturated heterocycles. The molecule has 0 aliphatic carbocycles. The third kappa shape index (κ3) is 5.39. The van der Waals surface area contributed by atoms with Crippen LogP contribution in [-0.2, 0) is 16.4 Å². The lowest BCUT2D eigenvalue weighted by molar-refractivity contribution is 0.0642. The van der Waals surface area contributed by atoms with Crippen molar-refractivity contribution < 1.29 is 17.9 Å². The van der Waals surface area contributed by atoms with E-state index in [9.17, 15) is 13.2 Å². The number of fused-ring (bicyclic) bond motifs is 1. The fraction of sp³-hybridized carbons (Fsp3) is 0.370. The number of rotatable bonds is 9. The number of carbonyl (C=O) groups is 1. The van der Waals surface area contributed by atoms with E-state index in [0.29, 0.717) is 29.2 Å². The standard InChI is InChI=1S/C27H31ClN6O4S/c1-15(2)38-23-9-17-14-34(18-11-29-12-18)26(35)19(17)10-22(23)32-27-30-13-20(28)25(33-27)31-21-7-5-6-8-24(21)39(36,37)16(3)4/h5-10,13,15-16,18,29H,11-12,14H2,1-4H3,(H2,30,31,32,33). The van der Waals surface area contributed by atoms with E-state index in [1.165, 1.54) is 6.20 Å². The fourth-order valence-corrected chi connectivity index (χ4v) is 5.77. The molecule has 12 heteroatoms. The van der Waals surface area contributed by atoms with Crippen molar-refractivity contribution in [2.75, 3.05) is 23.7 Å². The zero-order chi connectivity index (χ0) is 27.9. The Hall–Kier alpha value is -3.41. The van der Waals surface area contributed by atoms with Gasteiger partial charge in [0, 0.05) is 25.2 Å². The molecule has 5 rings (SSSR count). The molecule has 2 aromatic carbocycles. The lowest BCUT2D eigenvalue weighted by Gasteiger charge is -2.35. The highest BCUT2D eigenvalue weighted by Gasteiger charge is 2.36. The Morgan fingerprint density at radius 3 is 2.51 bits per heavy atom. The summed E-state index contributed by atoms with van der Waals surface area (Å²) in [6.45, 7) is 9.24.